The quantitative estimate of drug-likeness (QED) is 0.480. The Morgan fingerprint density at radius 2 is 1.67 bits per heavy atom. The lowest BCUT2D eigenvalue weighted by molar-refractivity contribution is -0.149. The molecule has 0 saturated heterocycles. The second-order valence-corrected chi connectivity index (χ2v) is 6.46. The van der Waals surface area contributed by atoms with Crippen molar-refractivity contribution in [1.29, 1.82) is 0 Å². The minimum atomic E-state index is -0.817. The number of hydrogen-bond donors (Lipinski definition) is 0. The first-order valence-electron chi connectivity index (χ1n) is 8.03. The molecule has 0 saturated carbocycles. The molecule has 1 aliphatic carbocycles. The van der Waals surface area contributed by atoms with E-state index in [1.165, 1.54) is 0 Å². The van der Waals surface area contributed by atoms with Gasteiger partial charge in [0.25, 0.3) is 0 Å². The highest BCUT2D eigenvalue weighted by atomic mass is 16.6. The molecular weight excluding hydrogens is 296 g/mol. The van der Waals surface area contributed by atoms with E-state index in [4.69, 9.17) is 4.74 Å². The highest BCUT2D eigenvalue weighted by Gasteiger charge is 2.43. The number of carbonyl (C=O) groups is 1. The van der Waals surface area contributed by atoms with Crippen molar-refractivity contribution >= 4 is 16.7 Å². The standard InChI is InChI=1S/C22H18O2/c1-14(2)21(23)24-22(3)19-11-7-6-10-17(19)18-13-12-15-8-4-5-9-16(15)20(18)22/h4-13H,1H2,2-3H3. The van der Waals surface area contributed by atoms with Gasteiger partial charge in [0, 0.05) is 16.7 Å². The van der Waals surface area contributed by atoms with Gasteiger partial charge in [-0.3, -0.25) is 0 Å². The van der Waals surface area contributed by atoms with Crippen molar-refractivity contribution in [3.8, 4) is 11.1 Å². The Hall–Kier alpha value is -2.87. The first kappa shape index (κ1) is 14.7. The van der Waals surface area contributed by atoms with Crippen molar-refractivity contribution in [2.24, 2.45) is 0 Å². The van der Waals surface area contributed by atoms with Gasteiger partial charge >= 0.3 is 5.97 Å². The Morgan fingerprint density at radius 3 is 2.46 bits per heavy atom. The molecule has 1 atom stereocenters. The minimum absolute atomic E-state index is 0.368. The van der Waals surface area contributed by atoms with E-state index in [2.05, 4.69) is 36.9 Å². The molecule has 4 rings (SSSR count). The molecule has 3 aromatic carbocycles. The third-order valence-electron chi connectivity index (χ3n) is 4.78. The van der Waals surface area contributed by atoms with Crippen LogP contribution in [0.1, 0.15) is 25.0 Å². The fourth-order valence-electron chi connectivity index (χ4n) is 3.66. The normalized spacial score (nSPS) is 18.1. The number of carbonyl (C=O) groups excluding carboxylic acids is 1. The predicted octanol–water partition coefficient (Wildman–Crippen LogP) is 5.20. The van der Waals surface area contributed by atoms with Gasteiger partial charge in [-0.2, -0.15) is 0 Å². The highest BCUT2D eigenvalue weighted by Crippen LogP contribution is 2.52. The van der Waals surface area contributed by atoms with E-state index in [0.29, 0.717) is 5.57 Å². The Bertz CT molecular complexity index is 1000. The van der Waals surface area contributed by atoms with E-state index < -0.39 is 5.60 Å². The summed E-state index contributed by atoms with van der Waals surface area (Å²) in [6, 6.07) is 20.6. The highest BCUT2D eigenvalue weighted by molar-refractivity contribution is 5.98. The molecule has 24 heavy (non-hydrogen) atoms. The number of hydrogen-bond acceptors (Lipinski definition) is 2. The molecule has 0 bridgehead atoms. The average molecular weight is 314 g/mol. The van der Waals surface area contributed by atoms with E-state index >= 15 is 0 Å². The maximum atomic E-state index is 12.3. The Labute approximate surface area is 141 Å². The maximum absolute atomic E-state index is 12.3. The van der Waals surface area contributed by atoms with Crippen molar-refractivity contribution in [3.05, 3.63) is 83.9 Å². The summed E-state index contributed by atoms with van der Waals surface area (Å²) < 4.78 is 5.98. The molecule has 0 spiro atoms. The molecule has 1 aliphatic rings. The lowest BCUT2D eigenvalue weighted by atomic mass is 9.89. The zero-order chi connectivity index (χ0) is 16.9. The van der Waals surface area contributed by atoms with Crippen LogP contribution in [0.3, 0.4) is 0 Å². The topological polar surface area (TPSA) is 26.3 Å². The van der Waals surface area contributed by atoms with Crippen molar-refractivity contribution in [3.63, 3.8) is 0 Å². The van der Waals surface area contributed by atoms with Gasteiger partial charge in [0.2, 0.25) is 0 Å². The molecule has 0 aliphatic heterocycles. The molecule has 0 radical (unpaired) electrons. The van der Waals surface area contributed by atoms with Crippen LogP contribution in [0.4, 0.5) is 0 Å². The predicted molar refractivity (Wildman–Crippen MR) is 96.7 cm³/mol. The number of esters is 1. The molecule has 0 amide bonds. The lowest BCUT2D eigenvalue weighted by Gasteiger charge is -2.28. The third kappa shape index (κ3) is 1.93. The molecule has 0 fully saturated rings. The summed E-state index contributed by atoms with van der Waals surface area (Å²) in [5.41, 5.74) is 3.91. The summed E-state index contributed by atoms with van der Waals surface area (Å²) in [7, 11) is 0. The molecule has 2 nitrogen and oxygen atoms in total. The smallest absolute Gasteiger partial charge is 0.334 e. The second-order valence-electron chi connectivity index (χ2n) is 6.46. The van der Waals surface area contributed by atoms with Crippen molar-refractivity contribution < 1.29 is 9.53 Å². The van der Waals surface area contributed by atoms with Crippen LogP contribution in [0.2, 0.25) is 0 Å². The summed E-state index contributed by atoms with van der Waals surface area (Å²) in [6.07, 6.45) is 0. The molecule has 2 heteroatoms. The second kappa shape index (κ2) is 5.07. The summed E-state index contributed by atoms with van der Waals surface area (Å²) >= 11 is 0. The van der Waals surface area contributed by atoms with Gasteiger partial charge < -0.3 is 4.74 Å². The maximum Gasteiger partial charge on any atom is 0.334 e. The monoisotopic (exact) mass is 314 g/mol. The third-order valence-corrected chi connectivity index (χ3v) is 4.78. The van der Waals surface area contributed by atoms with Gasteiger partial charge in [0.15, 0.2) is 5.60 Å². The van der Waals surface area contributed by atoms with Gasteiger partial charge in [-0.1, -0.05) is 67.2 Å². The zero-order valence-electron chi connectivity index (χ0n) is 13.8. The molecule has 1 unspecified atom stereocenters. The summed E-state index contributed by atoms with van der Waals surface area (Å²) in [5.74, 6) is -0.368. The SMILES string of the molecule is C=C(C)C(=O)OC1(C)c2ccccc2-c2ccc3ccccc3c21. The average Bonchev–Trinajstić information content (AvgIpc) is 2.85. The Kier molecular flexibility index (Phi) is 3.10. The van der Waals surface area contributed by atoms with Crippen molar-refractivity contribution in [2.45, 2.75) is 19.4 Å². The number of benzene rings is 3. The fourth-order valence-corrected chi connectivity index (χ4v) is 3.66. The van der Waals surface area contributed by atoms with Crippen LogP contribution in [0.25, 0.3) is 21.9 Å². The molecule has 0 N–H and O–H groups in total. The number of fused-ring (bicyclic) bond motifs is 5. The zero-order valence-corrected chi connectivity index (χ0v) is 13.8. The summed E-state index contributed by atoms with van der Waals surface area (Å²) in [4.78, 5) is 12.3. The molecule has 118 valence electrons. The first-order valence-corrected chi connectivity index (χ1v) is 8.03. The summed E-state index contributed by atoms with van der Waals surface area (Å²) in [6.45, 7) is 7.38. The molecule has 3 aromatic rings. The van der Waals surface area contributed by atoms with E-state index in [1.54, 1.807) is 6.92 Å². The Balaban J connectivity index is 2.06. The van der Waals surface area contributed by atoms with E-state index in [0.717, 1.165) is 33.0 Å². The van der Waals surface area contributed by atoms with Crippen LogP contribution in [-0.4, -0.2) is 5.97 Å². The fraction of sp³-hybridized carbons (Fsp3) is 0.136. The van der Waals surface area contributed by atoms with E-state index in [9.17, 15) is 4.79 Å². The van der Waals surface area contributed by atoms with Gasteiger partial charge in [-0.05, 0) is 35.7 Å². The van der Waals surface area contributed by atoms with Gasteiger partial charge in [0.05, 0.1) is 0 Å². The minimum Gasteiger partial charge on any atom is -0.446 e. The van der Waals surface area contributed by atoms with Gasteiger partial charge in [-0.15, -0.1) is 0 Å². The first-order chi connectivity index (χ1) is 11.5. The van der Waals surface area contributed by atoms with Crippen LogP contribution >= 0.6 is 0 Å². The van der Waals surface area contributed by atoms with Crippen molar-refractivity contribution in [1.82, 2.24) is 0 Å². The van der Waals surface area contributed by atoms with Crippen LogP contribution in [0, 0.1) is 0 Å². The number of rotatable bonds is 2. The lowest BCUT2D eigenvalue weighted by Crippen LogP contribution is -2.28. The van der Waals surface area contributed by atoms with Crippen LogP contribution in [0.15, 0.2) is 72.8 Å². The molecule has 0 aromatic heterocycles. The van der Waals surface area contributed by atoms with E-state index in [1.807, 2.05) is 37.3 Å². The van der Waals surface area contributed by atoms with Crippen LogP contribution < -0.4 is 0 Å². The van der Waals surface area contributed by atoms with Crippen LogP contribution in [0.5, 0.6) is 0 Å². The number of ether oxygens (including phenoxy) is 1. The van der Waals surface area contributed by atoms with Crippen LogP contribution in [-0.2, 0) is 15.1 Å². The van der Waals surface area contributed by atoms with Crippen molar-refractivity contribution in [2.75, 3.05) is 0 Å². The summed E-state index contributed by atoms with van der Waals surface area (Å²) in [5, 5.41) is 2.25. The largest absolute Gasteiger partial charge is 0.446 e. The molecular formula is C22H18O2. The van der Waals surface area contributed by atoms with E-state index in [-0.39, 0.29) is 5.97 Å². The Morgan fingerprint density at radius 1 is 0.958 bits per heavy atom. The van der Waals surface area contributed by atoms with Gasteiger partial charge in [0.1, 0.15) is 0 Å². The van der Waals surface area contributed by atoms with Gasteiger partial charge in [-0.25, -0.2) is 4.79 Å². The molecule has 0 heterocycles.